The van der Waals surface area contributed by atoms with E-state index in [0.29, 0.717) is 16.9 Å². The van der Waals surface area contributed by atoms with Gasteiger partial charge in [0.2, 0.25) is 0 Å². The maximum absolute atomic E-state index is 12.9. The van der Waals surface area contributed by atoms with E-state index in [2.05, 4.69) is 4.98 Å². The fourth-order valence-electron chi connectivity index (χ4n) is 2.89. The number of methoxy groups -OCH3 is 2. The van der Waals surface area contributed by atoms with Crippen molar-refractivity contribution in [1.29, 1.82) is 0 Å². The highest BCUT2D eigenvalue weighted by Gasteiger charge is 2.32. The zero-order chi connectivity index (χ0) is 21.0. The standard InChI is InChI=1S/C20H18F2N2O5/c1-27-19(25)14-10-29-11-24(17(14)20(26)28-2)13-8-6-12(7-9-13)15-4-3-5-16(23-15)18(21)22/h3-9,18H,10-11H2,1-2H3. The first kappa shape index (κ1) is 20.4. The maximum atomic E-state index is 12.9. The molecule has 0 spiro atoms. The van der Waals surface area contributed by atoms with Gasteiger partial charge in [-0.2, -0.15) is 0 Å². The second kappa shape index (κ2) is 8.78. The van der Waals surface area contributed by atoms with Crippen molar-refractivity contribution in [3.8, 4) is 11.3 Å². The Morgan fingerprint density at radius 2 is 1.76 bits per heavy atom. The Balaban J connectivity index is 1.97. The van der Waals surface area contributed by atoms with Gasteiger partial charge in [-0.15, -0.1) is 0 Å². The third-order valence-electron chi connectivity index (χ3n) is 4.30. The number of aromatic nitrogens is 1. The van der Waals surface area contributed by atoms with Crippen molar-refractivity contribution in [2.75, 3.05) is 32.5 Å². The number of alkyl halides is 2. The van der Waals surface area contributed by atoms with Crippen LogP contribution in [0.25, 0.3) is 11.3 Å². The highest BCUT2D eigenvalue weighted by Crippen LogP contribution is 2.29. The number of pyridine rings is 1. The number of rotatable bonds is 5. The smallest absolute Gasteiger partial charge is 0.355 e. The van der Waals surface area contributed by atoms with Gasteiger partial charge in [-0.3, -0.25) is 0 Å². The molecule has 0 atom stereocenters. The molecular formula is C20H18F2N2O5. The zero-order valence-corrected chi connectivity index (χ0v) is 15.7. The summed E-state index contributed by atoms with van der Waals surface area (Å²) in [6.07, 6.45) is -2.66. The number of carbonyl (C=O) groups is 2. The molecule has 1 aromatic carbocycles. The lowest BCUT2D eigenvalue weighted by molar-refractivity contribution is -0.140. The molecule has 2 heterocycles. The van der Waals surface area contributed by atoms with Crippen LogP contribution < -0.4 is 4.90 Å². The number of hydrogen-bond acceptors (Lipinski definition) is 7. The summed E-state index contributed by atoms with van der Waals surface area (Å²) in [6.45, 7) is -0.0700. The Labute approximate surface area is 165 Å². The van der Waals surface area contributed by atoms with E-state index >= 15 is 0 Å². The third kappa shape index (κ3) is 4.24. The average molecular weight is 404 g/mol. The number of anilines is 1. The van der Waals surface area contributed by atoms with Crippen LogP contribution in [0.1, 0.15) is 12.1 Å². The largest absolute Gasteiger partial charge is 0.466 e. The molecule has 9 heteroatoms. The van der Waals surface area contributed by atoms with E-state index in [9.17, 15) is 18.4 Å². The molecule has 0 bridgehead atoms. The lowest BCUT2D eigenvalue weighted by Crippen LogP contribution is -2.38. The van der Waals surface area contributed by atoms with Gasteiger partial charge in [0, 0.05) is 11.3 Å². The SMILES string of the molecule is COC(=O)C1=C(C(=O)OC)N(c2ccc(-c3cccc(C(F)F)n3)cc2)COC1. The van der Waals surface area contributed by atoms with Gasteiger partial charge in [-0.05, 0) is 24.3 Å². The van der Waals surface area contributed by atoms with E-state index in [-0.39, 0.29) is 30.3 Å². The van der Waals surface area contributed by atoms with Gasteiger partial charge in [-0.1, -0.05) is 18.2 Å². The van der Waals surface area contributed by atoms with Crippen LogP contribution in [0.3, 0.4) is 0 Å². The zero-order valence-electron chi connectivity index (χ0n) is 15.7. The molecule has 0 unspecified atom stereocenters. The molecule has 1 aliphatic rings. The number of ether oxygens (including phenoxy) is 3. The number of hydrogen-bond donors (Lipinski definition) is 0. The number of halogens is 2. The Kier molecular flexibility index (Phi) is 6.18. The van der Waals surface area contributed by atoms with Crippen molar-refractivity contribution < 1.29 is 32.6 Å². The molecule has 0 aliphatic carbocycles. The third-order valence-corrected chi connectivity index (χ3v) is 4.30. The normalized spacial score (nSPS) is 14.2. The van der Waals surface area contributed by atoms with E-state index in [1.54, 1.807) is 30.3 Å². The molecule has 0 N–H and O–H groups in total. The van der Waals surface area contributed by atoms with Crippen LogP contribution in [0.15, 0.2) is 53.7 Å². The van der Waals surface area contributed by atoms with Crippen LogP contribution in [0.5, 0.6) is 0 Å². The Hall–Kier alpha value is -3.33. The molecule has 152 valence electrons. The van der Waals surface area contributed by atoms with Crippen LogP contribution >= 0.6 is 0 Å². The fraction of sp³-hybridized carbons (Fsp3) is 0.250. The highest BCUT2D eigenvalue weighted by molar-refractivity contribution is 6.03. The van der Waals surface area contributed by atoms with Crippen LogP contribution in [0.2, 0.25) is 0 Å². The van der Waals surface area contributed by atoms with E-state index in [1.807, 2.05) is 0 Å². The summed E-state index contributed by atoms with van der Waals surface area (Å²) in [5.74, 6) is -1.40. The highest BCUT2D eigenvalue weighted by atomic mass is 19.3. The van der Waals surface area contributed by atoms with Gasteiger partial charge >= 0.3 is 11.9 Å². The molecule has 7 nitrogen and oxygen atoms in total. The average Bonchev–Trinajstić information content (AvgIpc) is 2.77. The van der Waals surface area contributed by atoms with Gasteiger partial charge in [0.05, 0.1) is 32.1 Å². The molecule has 0 radical (unpaired) electrons. The summed E-state index contributed by atoms with van der Waals surface area (Å²) >= 11 is 0. The molecule has 2 aromatic rings. The van der Waals surface area contributed by atoms with Crippen molar-refractivity contribution in [3.05, 3.63) is 59.4 Å². The van der Waals surface area contributed by atoms with Gasteiger partial charge in [0.1, 0.15) is 18.1 Å². The number of nitrogens with zero attached hydrogens (tertiary/aromatic N) is 2. The second-order valence-corrected chi connectivity index (χ2v) is 6.01. The lowest BCUT2D eigenvalue weighted by Gasteiger charge is -2.31. The summed E-state index contributed by atoms with van der Waals surface area (Å²) in [6, 6.07) is 11.1. The molecule has 3 rings (SSSR count). The minimum Gasteiger partial charge on any atom is -0.466 e. The van der Waals surface area contributed by atoms with E-state index in [1.165, 1.54) is 31.3 Å². The summed E-state index contributed by atoms with van der Waals surface area (Å²) in [5.41, 5.74) is 1.31. The molecule has 0 fully saturated rings. The van der Waals surface area contributed by atoms with Crippen molar-refractivity contribution in [2.45, 2.75) is 6.43 Å². The topological polar surface area (TPSA) is 78.0 Å². The predicted molar refractivity (Wildman–Crippen MR) is 99.0 cm³/mol. The maximum Gasteiger partial charge on any atom is 0.355 e. The minimum atomic E-state index is -2.66. The summed E-state index contributed by atoms with van der Waals surface area (Å²) in [7, 11) is 2.42. The Morgan fingerprint density at radius 3 is 2.38 bits per heavy atom. The lowest BCUT2D eigenvalue weighted by atomic mass is 10.1. The van der Waals surface area contributed by atoms with Gasteiger partial charge < -0.3 is 19.1 Å². The van der Waals surface area contributed by atoms with Crippen LogP contribution in [-0.4, -0.2) is 44.5 Å². The Bertz CT molecular complexity index is 944. The summed E-state index contributed by atoms with van der Waals surface area (Å²) in [5, 5.41) is 0. The first-order valence-electron chi connectivity index (χ1n) is 8.57. The molecule has 0 amide bonds. The Morgan fingerprint density at radius 1 is 1.07 bits per heavy atom. The molecule has 29 heavy (non-hydrogen) atoms. The molecule has 0 saturated heterocycles. The van der Waals surface area contributed by atoms with E-state index in [0.717, 1.165) is 0 Å². The van der Waals surface area contributed by atoms with Crippen LogP contribution in [-0.2, 0) is 23.8 Å². The monoisotopic (exact) mass is 404 g/mol. The van der Waals surface area contributed by atoms with Gasteiger partial charge in [-0.25, -0.2) is 23.4 Å². The van der Waals surface area contributed by atoms with Crippen molar-refractivity contribution >= 4 is 17.6 Å². The molecule has 0 saturated carbocycles. The van der Waals surface area contributed by atoms with Crippen molar-refractivity contribution in [3.63, 3.8) is 0 Å². The number of carbonyl (C=O) groups excluding carboxylic acids is 2. The molecule has 1 aromatic heterocycles. The second-order valence-electron chi connectivity index (χ2n) is 6.01. The minimum absolute atomic E-state index is 0.0173. The van der Waals surface area contributed by atoms with Crippen LogP contribution in [0, 0.1) is 0 Å². The number of benzene rings is 1. The quantitative estimate of drug-likeness (QED) is 0.709. The van der Waals surface area contributed by atoms with E-state index in [4.69, 9.17) is 14.2 Å². The van der Waals surface area contributed by atoms with E-state index < -0.39 is 18.4 Å². The molecular weight excluding hydrogens is 386 g/mol. The van der Waals surface area contributed by atoms with Crippen molar-refractivity contribution in [2.24, 2.45) is 0 Å². The first-order chi connectivity index (χ1) is 14.0. The molecule has 1 aliphatic heterocycles. The van der Waals surface area contributed by atoms with Gasteiger partial charge in [0.15, 0.2) is 0 Å². The van der Waals surface area contributed by atoms with Gasteiger partial charge in [0.25, 0.3) is 6.43 Å². The predicted octanol–water partition coefficient (Wildman–Crippen LogP) is 3.08. The first-order valence-corrected chi connectivity index (χ1v) is 8.57. The van der Waals surface area contributed by atoms with Crippen LogP contribution in [0.4, 0.5) is 14.5 Å². The number of esters is 2. The van der Waals surface area contributed by atoms with Crippen molar-refractivity contribution in [1.82, 2.24) is 4.98 Å². The fourth-order valence-corrected chi connectivity index (χ4v) is 2.89. The summed E-state index contributed by atoms with van der Waals surface area (Å²) < 4.78 is 40.7. The summed E-state index contributed by atoms with van der Waals surface area (Å²) in [4.78, 5) is 29.8.